The van der Waals surface area contributed by atoms with Crippen molar-refractivity contribution in [3.63, 3.8) is 0 Å². The van der Waals surface area contributed by atoms with Crippen molar-refractivity contribution in [3.05, 3.63) is 0 Å². The molecule has 0 saturated carbocycles. The van der Waals surface area contributed by atoms with Crippen molar-refractivity contribution in [2.75, 3.05) is 45.4 Å². The van der Waals surface area contributed by atoms with Crippen LogP contribution >= 0.6 is 15.9 Å². The van der Waals surface area contributed by atoms with Crippen LogP contribution in [0.3, 0.4) is 0 Å². The highest BCUT2D eigenvalue weighted by Crippen LogP contribution is 2.15. The second-order valence-corrected chi connectivity index (χ2v) is 4.36. The molecule has 1 heterocycles. The zero-order valence-corrected chi connectivity index (χ0v) is 10.7. The SMILES string of the molecule is COCCN(CCBr)C(=O)C1CCOC1. The third kappa shape index (κ3) is 4.09. The highest BCUT2D eigenvalue weighted by molar-refractivity contribution is 9.09. The fourth-order valence-corrected chi connectivity index (χ4v) is 2.05. The van der Waals surface area contributed by atoms with Gasteiger partial charge in [0, 0.05) is 32.1 Å². The number of methoxy groups -OCH3 is 1. The Labute approximate surface area is 99.0 Å². The number of carbonyl (C=O) groups excluding carboxylic acids is 1. The molecule has 0 radical (unpaired) electrons. The maximum Gasteiger partial charge on any atom is 0.228 e. The summed E-state index contributed by atoms with van der Waals surface area (Å²) in [7, 11) is 1.65. The van der Waals surface area contributed by atoms with E-state index >= 15 is 0 Å². The van der Waals surface area contributed by atoms with Gasteiger partial charge in [-0.3, -0.25) is 4.79 Å². The lowest BCUT2D eigenvalue weighted by Crippen LogP contribution is -2.39. The number of halogens is 1. The van der Waals surface area contributed by atoms with E-state index in [0.717, 1.165) is 18.3 Å². The molecular weight excluding hydrogens is 262 g/mol. The lowest BCUT2D eigenvalue weighted by Gasteiger charge is -2.23. The second-order valence-electron chi connectivity index (χ2n) is 3.57. The Morgan fingerprint density at radius 2 is 2.40 bits per heavy atom. The molecule has 1 fully saturated rings. The van der Waals surface area contributed by atoms with E-state index in [2.05, 4.69) is 15.9 Å². The Balaban J connectivity index is 2.41. The molecule has 4 nitrogen and oxygen atoms in total. The van der Waals surface area contributed by atoms with Gasteiger partial charge >= 0.3 is 0 Å². The van der Waals surface area contributed by atoms with Crippen LogP contribution in [0.1, 0.15) is 6.42 Å². The van der Waals surface area contributed by atoms with Crippen molar-refractivity contribution in [1.29, 1.82) is 0 Å². The predicted molar refractivity (Wildman–Crippen MR) is 61.2 cm³/mol. The van der Waals surface area contributed by atoms with Crippen LogP contribution in [0.4, 0.5) is 0 Å². The number of rotatable bonds is 6. The van der Waals surface area contributed by atoms with Gasteiger partial charge in [0.15, 0.2) is 0 Å². The van der Waals surface area contributed by atoms with Crippen LogP contribution in [-0.2, 0) is 14.3 Å². The van der Waals surface area contributed by atoms with Crippen LogP contribution in [-0.4, -0.2) is 56.2 Å². The van der Waals surface area contributed by atoms with Gasteiger partial charge in [0.25, 0.3) is 0 Å². The summed E-state index contributed by atoms with van der Waals surface area (Å²) in [5.41, 5.74) is 0. The van der Waals surface area contributed by atoms with E-state index in [1.807, 2.05) is 4.90 Å². The second kappa shape index (κ2) is 7.19. The van der Waals surface area contributed by atoms with E-state index in [-0.39, 0.29) is 11.8 Å². The molecule has 1 saturated heterocycles. The summed E-state index contributed by atoms with van der Waals surface area (Å²) in [4.78, 5) is 13.9. The molecule has 1 aliphatic rings. The summed E-state index contributed by atoms with van der Waals surface area (Å²) in [5.74, 6) is 0.255. The normalized spacial score (nSPS) is 20.5. The average molecular weight is 280 g/mol. The van der Waals surface area contributed by atoms with Crippen LogP contribution in [0.25, 0.3) is 0 Å². The molecule has 0 aromatic rings. The monoisotopic (exact) mass is 279 g/mol. The van der Waals surface area contributed by atoms with Gasteiger partial charge in [0.05, 0.1) is 19.1 Å². The maximum absolute atomic E-state index is 12.0. The summed E-state index contributed by atoms with van der Waals surface area (Å²) in [6.45, 7) is 3.27. The molecule has 0 aromatic carbocycles. The highest BCUT2D eigenvalue weighted by Gasteiger charge is 2.27. The molecule has 0 bridgehead atoms. The lowest BCUT2D eigenvalue weighted by atomic mass is 10.1. The molecule has 0 spiro atoms. The quantitative estimate of drug-likeness (QED) is 0.678. The Morgan fingerprint density at radius 1 is 1.60 bits per heavy atom. The molecule has 1 aliphatic heterocycles. The number of amides is 1. The van der Waals surface area contributed by atoms with Crippen LogP contribution in [0, 0.1) is 5.92 Å². The molecular formula is C10H18BrNO3. The van der Waals surface area contributed by atoms with Gasteiger partial charge in [-0.15, -0.1) is 0 Å². The first-order chi connectivity index (χ1) is 7.29. The topological polar surface area (TPSA) is 38.8 Å². The summed E-state index contributed by atoms with van der Waals surface area (Å²) < 4.78 is 10.2. The summed E-state index contributed by atoms with van der Waals surface area (Å²) in [6, 6.07) is 0. The van der Waals surface area contributed by atoms with Crippen molar-refractivity contribution in [1.82, 2.24) is 4.90 Å². The van der Waals surface area contributed by atoms with Crippen LogP contribution in [0.15, 0.2) is 0 Å². The van der Waals surface area contributed by atoms with E-state index in [9.17, 15) is 4.79 Å². The zero-order chi connectivity index (χ0) is 11.1. The molecule has 1 unspecified atom stereocenters. The first-order valence-electron chi connectivity index (χ1n) is 5.21. The van der Waals surface area contributed by atoms with Gasteiger partial charge in [0.2, 0.25) is 5.91 Å². The van der Waals surface area contributed by atoms with Crippen molar-refractivity contribution in [3.8, 4) is 0 Å². The van der Waals surface area contributed by atoms with Crippen molar-refractivity contribution in [2.24, 2.45) is 5.92 Å². The van der Waals surface area contributed by atoms with Gasteiger partial charge in [-0.05, 0) is 6.42 Å². The maximum atomic E-state index is 12.0. The minimum atomic E-state index is 0.0564. The summed E-state index contributed by atoms with van der Waals surface area (Å²) >= 11 is 3.35. The molecule has 1 atom stereocenters. The highest BCUT2D eigenvalue weighted by atomic mass is 79.9. The summed E-state index contributed by atoms with van der Waals surface area (Å²) in [5, 5.41) is 0.802. The molecule has 88 valence electrons. The van der Waals surface area contributed by atoms with Crippen molar-refractivity contribution < 1.29 is 14.3 Å². The lowest BCUT2D eigenvalue weighted by molar-refractivity contribution is -0.135. The molecule has 0 aliphatic carbocycles. The first kappa shape index (κ1) is 12.9. The Hall–Kier alpha value is -0.130. The first-order valence-corrected chi connectivity index (χ1v) is 6.33. The van der Waals surface area contributed by atoms with E-state index in [1.54, 1.807) is 7.11 Å². The fourth-order valence-electron chi connectivity index (χ4n) is 1.62. The average Bonchev–Trinajstić information content (AvgIpc) is 2.76. The van der Waals surface area contributed by atoms with Crippen LogP contribution in [0.2, 0.25) is 0 Å². The molecule has 0 aromatic heterocycles. The van der Waals surface area contributed by atoms with Gasteiger partial charge in [-0.1, -0.05) is 15.9 Å². The zero-order valence-electron chi connectivity index (χ0n) is 9.08. The number of hydrogen-bond donors (Lipinski definition) is 0. The largest absolute Gasteiger partial charge is 0.383 e. The predicted octanol–water partition coefficient (Wildman–Crippen LogP) is 0.893. The van der Waals surface area contributed by atoms with Gasteiger partial charge < -0.3 is 14.4 Å². The number of carbonyl (C=O) groups is 1. The number of nitrogens with zero attached hydrogens (tertiary/aromatic N) is 1. The Bertz CT molecular complexity index is 195. The Kier molecular flexibility index (Phi) is 6.20. The van der Waals surface area contributed by atoms with Crippen molar-refractivity contribution >= 4 is 21.8 Å². The van der Waals surface area contributed by atoms with E-state index in [4.69, 9.17) is 9.47 Å². The van der Waals surface area contributed by atoms with E-state index < -0.39 is 0 Å². The molecule has 0 N–H and O–H groups in total. The molecule has 15 heavy (non-hydrogen) atoms. The fraction of sp³-hybridized carbons (Fsp3) is 0.900. The number of ether oxygens (including phenoxy) is 2. The Morgan fingerprint density at radius 3 is 2.93 bits per heavy atom. The van der Waals surface area contributed by atoms with Crippen LogP contribution < -0.4 is 0 Å². The van der Waals surface area contributed by atoms with Gasteiger partial charge in [-0.25, -0.2) is 0 Å². The minimum absolute atomic E-state index is 0.0564. The summed E-state index contributed by atoms with van der Waals surface area (Å²) in [6.07, 6.45) is 0.852. The third-order valence-electron chi connectivity index (χ3n) is 2.51. The number of hydrogen-bond acceptors (Lipinski definition) is 3. The molecule has 5 heteroatoms. The van der Waals surface area contributed by atoms with E-state index in [1.165, 1.54) is 0 Å². The molecule has 1 rings (SSSR count). The standard InChI is InChI=1S/C10H18BrNO3/c1-14-7-5-12(4-3-11)10(13)9-2-6-15-8-9/h9H,2-8H2,1H3. The van der Waals surface area contributed by atoms with E-state index in [0.29, 0.717) is 26.4 Å². The third-order valence-corrected chi connectivity index (χ3v) is 2.87. The van der Waals surface area contributed by atoms with Gasteiger partial charge in [-0.2, -0.15) is 0 Å². The number of alkyl halides is 1. The van der Waals surface area contributed by atoms with Crippen LogP contribution in [0.5, 0.6) is 0 Å². The minimum Gasteiger partial charge on any atom is -0.383 e. The molecule has 1 amide bonds. The van der Waals surface area contributed by atoms with Crippen molar-refractivity contribution in [2.45, 2.75) is 6.42 Å². The van der Waals surface area contributed by atoms with Gasteiger partial charge in [0.1, 0.15) is 0 Å². The smallest absolute Gasteiger partial charge is 0.228 e.